The summed E-state index contributed by atoms with van der Waals surface area (Å²) >= 11 is 5.84. The van der Waals surface area contributed by atoms with Crippen LogP contribution < -0.4 is 9.64 Å². The fourth-order valence-electron chi connectivity index (χ4n) is 2.72. The molecule has 24 heavy (non-hydrogen) atoms. The minimum absolute atomic E-state index is 0.531. The Balaban J connectivity index is 1.53. The van der Waals surface area contributed by atoms with Gasteiger partial charge in [-0.3, -0.25) is 4.90 Å². The van der Waals surface area contributed by atoms with E-state index in [1.165, 1.54) is 5.56 Å². The van der Waals surface area contributed by atoms with Crippen LogP contribution in [0.5, 0.6) is 5.75 Å². The van der Waals surface area contributed by atoms with Crippen molar-refractivity contribution in [2.75, 3.05) is 37.7 Å². The van der Waals surface area contributed by atoms with Crippen LogP contribution in [0.3, 0.4) is 0 Å². The number of hydrogen-bond acceptors (Lipinski definition) is 5. The van der Waals surface area contributed by atoms with Crippen LogP contribution in [0, 0.1) is 0 Å². The maximum atomic E-state index is 5.84. The van der Waals surface area contributed by atoms with Crippen molar-refractivity contribution in [3.05, 3.63) is 59.9 Å². The maximum Gasteiger partial charge on any atom is 0.225 e. The van der Waals surface area contributed by atoms with E-state index in [0.29, 0.717) is 11.6 Å². The van der Waals surface area contributed by atoms with Crippen LogP contribution in [-0.4, -0.2) is 47.7 Å². The maximum absolute atomic E-state index is 5.84. The van der Waals surface area contributed by atoms with E-state index in [4.69, 9.17) is 16.3 Å². The Kier molecular flexibility index (Phi) is 5.67. The van der Waals surface area contributed by atoms with Crippen LogP contribution in [-0.2, 0) is 6.54 Å². The number of ether oxygens (including phenoxy) is 1. The van der Waals surface area contributed by atoms with E-state index in [0.717, 1.165) is 44.4 Å². The number of anilines is 1. The van der Waals surface area contributed by atoms with Crippen molar-refractivity contribution in [3.8, 4) is 5.75 Å². The van der Waals surface area contributed by atoms with E-state index in [1.807, 2.05) is 12.1 Å². The topological polar surface area (TPSA) is 41.5 Å². The third-order valence-corrected chi connectivity index (χ3v) is 4.13. The lowest BCUT2D eigenvalue weighted by molar-refractivity contribution is 0.248. The van der Waals surface area contributed by atoms with E-state index < -0.39 is 0 Å². The molecule has 0 unspecified atom stereocenters. The molecule has 0 N–H and O–H groups in total. The van der Waals surface area contributed by atoms with Crippen LogP contribution in [0.15, 0.2) is 49.3 Å². The molecule has 1 aromatic heterocycles. The number of halogens is 1. The molecule has 0 amide bonds. The van der Waals surface area contributed by atoms with E-state index in [1.54, 1.807) is 18.5 Å². The third kappa shape index (κ3) is 4.46. The zero-order valence-electron chi connectivity index (χ0n) is 13.6. The molecule has 2 aromatic rings. The molecule has 1 aliphatic rings. The molecule has 126 valence electrons. The number of nitrogens with zero attached hydrogens (tertiary/aromatic N) is 4. The first-order valence-corrected chi connectivity index (χ1v) is 8.40. The molecular weight excluding hydrogens is 324 g/mol. The highest BCUT2D eigenvalue weighted by molar-refractivity contribution is 6.30. The largest absolute Gasteiger partial charge is 0.490 e. The quantitative estimate of drug-likeness (QED) is 0.753. The molecule has 0 spiro atoms. The SMILES string of the molecule is C=CCOc1cccc(CN2CCN(c3ncc(Cl)cn3)CC2)c1. The Morgan fingerprint density at radius 1 is 1.17 bits per heavy atom. The number of rotatable bonds is 6. The summed E-state index contributed by atoms with van der Waals surface area (Å²) in [5.41, 5.74) is 1.26. The monoisotopic (exact) mass is 344 g/mol. The summed E-state index contributed by atoms with van der Waals surface area (Å²) < 4.78 is 5.60. The average Bonchev–Trinajstić information content (AvgIpc) is 2.62. The van der Waals surface area contributed by atoms with Gasteiger partial charge in [0.05, 0.1) is 17.4 Å². The summed E-state index contributed by atoms with van der Waals surface area (Å²) in [4.78, 5) is 13.2. The Hall–Kier alpha value is -2.11. The summed E-state index contributed by atoms with van der Waals surface area (Å²) in [6.45, 7) is 8.90. The lowest BCUT2D eigenvalue weighted by Gasteiger charge is -2.34. The predicted molar refractivity (Wildman–Crippen MR) is 96.7 cm³/mol. The van der Waals surface area contributed by atoms with Crippen molar-refractivity contribution in [3.63, 3.8) is 0 Å². The molecule has 3 rings (SSSR count). The third-order valence-electron chi connectivity index (χ3n) is 3.93. The second kappa shape index (κ2) is 8.13. The molecule has 0 atom stereocenters. The van der Waals surface area contributed by atoms with Crippen molar-refractivity contribution in [1.29, 1.82) is 0 Å². The smallest absolute Gasteiger partial charge is 0.225 e. The van der Waals surface area contributed by atoms with Gasteiger partial charge in [0, 0.05) is 32.7 Å². The lowest BCUT2D eigenvalue weighted by atomic mass is 10.2. The molecule has 6 heteroatoms. The van der Waals surface area contributed by atoms with Crippen molar-refractivity contribution in [2.45, 2.75) is 6.54 Å². The Morgan fingerprint density at radius 2 is 1.92 bits per heavy atom. The van der Waals surface area contributed by atoms with Gasteiger partial charge >= 0.3 is 0 Å². The molecule has 1 saturated heterocycles. The van der Waals surface area contributed by atoms with Gasteiger partial charge in [-0.05, 0) is 17.7 Å². The van der Waals surface area contributed by atoms with Gasteiger partial charge in [0.15, 0.2) is 0 Å². The molecule has 0 bridgehead atoms. The molecule has 0 saturated carbocycles. The Labute approximate surface area is 147 Å². The highest BCUT2D eigenvalue weighted by atomic mass is 35.5. The van der Waals surface area contributed by atoms with Gasteiger partial charge in [-0.2, -0.15) is 0 Å². The number of hydrogen-bond donors (Lipinski definition) is 0. The molecule has 0 aliphatic carbocycles. The van der Waals surface area contributed by atoms with E-state index in [2.05, 4.69) is 38.5 Å². The summed E-state index contributed by atoms with van der Waals surface area (Å²) in [6, 6.07) is 8.24. The lowest BCUT2D eigenvalue weighted by Crippen LogP contribution is -2.46. The summed E-state index contributed by atoms with van der Waals surface area (Å²) in [5.74, 6) is 1.64. The van der Waals surface area contributed by atoms with E-state index in [9.17, 15) is 0 Å². The zero-order valence-corrected chi connectivity index (χ0v) is 14.3. The fourth-order valence-corrected chi connectivity index (χ4v) is 2.82. The molecule has 1 aromatic carbocycles. The molecule has 2 heterocycles. The first-order valence-electron chi connectivity index (χ1n) is 8.02. The Bertz CT molecular complexity index is 669. The molecular formula is C18H21ClN4O. The number of piperazine rings is 1. The van der Waals surface area contributed by atoms with E-state index in [-0.39, 0.29) is 0 Å². The van der Waals surface area contributed by atoms with Crippen molar-refractivity contribution in [1.82, 2.24) is 14.9 Å². The van der Waals surface area contributed by atoms with Crippen LogP contribution in [0.25, 0.3) is 0 Å². The standard InChI is InChI=1S/C18H21ClN4O/c1-2-10-24-17-5-3-4-15(11-17)14-22-6-8-23(9-7-22)18-20-12-16(19)13-21-18/h2-5,11-13H,1,6-10,14H2. The molecule has 5 nitrogen and oxygen atoms in total. The van der Waals surface area contributed by atoms with Gasteiger partial charge in [-0.1, -0.05) is 36.4 Å². The molecule has 0 radical (unpaired) electrons. The van der Waals surface area contributed by atoms with Crippen LogP contribution in [0.2, 0.25) is 5.02 Å². The predicted octanol–water partition coefficient (Wildman–Crippen LogP) is 3.02. The van der Waals surface area contributed by atoms with Gasteiger partial charge in [0.2, 0.25) is 5.95 Å². The highest BCUT2D eigenvalue weighted by Gasteiger charge is 2.19. The van der Waals surface area contributed by atoms with Crippen molar-refractivity contribution in [2.24, 2.45) is 0 Å². The number of benzene rings is 1. The summed E-state index contributed by atoms with van der Waals surface area (Å²) in [7, 11) is 0. The average molecular weight is 345 g/mol. The first kappa shape index (κ1) is 16.7. The van der Waals surface area contributed by atoms with Gasteiger partial charge in [0.25, 0.3) is 0 Å². The second-order valence-electron chi connectivity index (χ2n) is 5.71. The van der Waals surface area contributed by atoms with Crippen LogP contribution >= 0.6 is 11.6 Å². The van der Waals surface area contributed by atoms with Crippen molar-refractivity contribution >= 4 is 17.5 Å². The van der Waals surface area contributed by atoms with Crippen LogP contribution in [0.1, 0.15) is 5.56 Å². The number of aromatic nitrogens is 2. The highest BCUT2D eigenvalue weighted by Crippen LogP contribution is 2.17. The minimum Gasteiger partial charge on any atom is -0.490 e. The van der Waals surface area contributed by atoms with Gasteiger partial charge < -0.3 is 9.64 Å². The molecule has 1 aliphatic heterocycles. The Morgan fingerprint density at radius 3 is 2.62 bits per heavy atom. The first-order chi connectivity index (χ1) is 11.7. The van der Waals surface area contributed by atoms with Crippen molar-refractivity contribution < 1.29 is 4.74 Å². The summed E-state index contributed by atoms with van der Waals surface area (Å²) in [6.07, 6.45) is 5.04. The van der Waals surface area contributed by atoms with Crippen LogP contribution in [0.4, 0.5) is 5.95 Å². The summed E-state index contributed by atoms with van der Waals surface area (Å²) in [5, 5.41) is 0.566. The van der Waals surface area contributed by atoms with Gasteiger partial charge in [-0.15, -0.1) is 0 Å². The normalized spacial score (nSPS) is 15.3. The minimum atomic E-state index is 0.531. The second-order valence-corrected chi connectivity index (χ2v) is 6.15. The van der Waals surface area contributed by atoms with E-state index >= 15 is 0 Å². The molecule has 1 fully saturated rings. The fraction of sp³-hybridized carbons (Fsp3) is 0.333. The zero-order chi connectivity index (χ0) is 16.8. The van der Waals surface area contributed by atoms with Gasteiger partial charge in [-0.25, -0.2) is 9.97 Å². The van der Waals surface area contributed by atoms with Gasteiger partial charge in [0.1, 0.15) is 12.4 Å².